The number of halogens is 1. The fourth-order valence-electron chi connectivity index (χ4n) is 2.71. The second-order valence-electron chi connectivity index (χ2n) is 6.03. The molecule has 6 heteroatoms. The number of ether oxygens (including phenoxy) is 1. The molecular weight excluding hydrogens is 352 g/mol. The van der Waals surface area contributed by atoms with Crippen molar-refractivity contribution in [3.8, 4) is 0 Å². The Kier molecular flexibility index (Phi) is 5.58. The Labute approximate surface area is 156 Å². The number of carbonyl (C=O) groups is 2. The number of esters is 1. The smallest absolute Gasteiger partial charge is 0.306 e. The van der Waals surface area contributed by atoms with Gasteiger partial charge in [-0.25, -0.2) is 0 Å². The normalized spacial score (nSPS) is 10.7. The van der Waals surface area contributed by atoms with Gasteiger partial charge in [0, 0.05) is 34.2 Å². The molecule has 3 rings (SSSR count). The number of fused-ring (bicyclic) bond motifs is 1. The van der Waals surface area contributed by atoms with Crippen molar-refractivity contribution in [1.29, 1.82) is 0 Å². The maximum Gasteiger partial charge on any atom is 0.306 e. The Bertz CT molecular complexity index is 949. The molecule has 0 fully saturated rings. The minimum absolute atomic E-state index is 0.214. The quantitative estimate of drug-likeness (QED) is 0.637. The van der Waals surface area contributed by atoms with Gasteiger partial charge in [-0.1, -0.05) is 35.9 Å². The zero-order chi connectivity index (χ0) is 18.5. The first-order chi connectivity index (χ1) is 12.5. The van der Waals surface area contributed by atoms with Gasteiger partial charge >= 0.3 is 5.97 Å². The summed E-state index contributed by atoms with van der Waals surface area (Å²) in [6.45, 7) is 1.54. The maximum absolute atomic E-state index is 12.0. The van der Waals surface area contributed by atoms with Gasteiger partial charge in [0.05, 0.1) is 0 Å². The summed E-state index contributed by atoms with van der Waals surface area (Å²) >= 11 is 5.92. The Balaban J connectivity index is 1.48. The SMILES string of the molecule is Cc1ccc(Cl)cc1NC(=O)COC(=O)CCc1c[nH]c2ccccc12. The minimum atomic E-state index is -0.409. The van der Waals surface area contributed by atoms with Crippen LogP contribution in [0.25, 0.3) is 10.9 Å². The summed E-state index contributed by atoms with van der Waals surface area (Å²) in [7, 11) is 0. The molecule has 26 heavy (non-hydrogen) atoms. The van der Waals surface area contributed by atoms with Crippen molar-refractivity contribution in [2.75, 3.05) is 11.9 Å². The average Bonchev–Trinajstić information content (AvgIpc) is 3.04. The van der Waals surface area contributed by atoms with Crippen molar-refractivity contribution < 1.29 is 14.3 Å². The van der Waals surface area contributed by atoms with Gasteiger partial charge in [-0.2, -0.15) is 0 Å². The summed E-state index contributed by atoms with van der Waals surface area (Å²) in [4.78, 5) is 27.0. The third-order valence-corrected chi connectivity index (χ3v) is 4.35. The molecule has 0 aliphatic heterocycles. The van der Waals surface area contributed by atoms with E-state index in [1.165, 1.54) is 0 Å². The van der Waals surface area contributed by atoms with Crippen molar-refractivity contribution in [3.63, 3.8) is 0 Å². The number of rotatable bonds is 6. The van der Waals surface area contributed by atoms with Crippen LogP contribution >= 0.6 is 11.6 Å². The van der Waals surface area contributed by atoms with Crippen molar-refractivity contribution in [3.05, 3.63) is 64.8 Å². The van der Waals surface area contributed by atoms with Crippen molar-refractivity contribution >= 4 is 40.1 Å². The van der Waals surface area contributed by atoms with Crippen molar-refractivity contribution in [2.24, 2.45) is 0 Å². The Hall–Kier alpha value is -2.79. The molecule has 0 spiro atoms. The average molecular weight is 371 g/mol. The van der Waals surface area contributed by atoms with Crippen LogP contribution in [-0.4, -0.2) is 23.5 Å². The van der Waals surface area contributed by atoms with E-state index in [0.717, 1.165) is 22.0 Å². The molecule has 1 aromatic heterocycles. The monoisotopic (exact) mass is 370 g/mol. The molecule has 0 unspecified atom stereocenters. The lowest BCUT2D eigenvalue weighted by molar-refractivity contribution is -0.147. The zero-order valence-electron chi connectivity index (χ0n) is 14.3. The van der Waals surface area contributed by atoms with Crippen LogP contribution in [0.3, 0.4) is 0 Å². The van der Waals surface area contributed by atoms with E-state index in [1.807, 2.05) is 43.5 Å². The summed E-state index contributed by atoms with van der Waals surface area (Å²) in [5.41, 5.74) is 3.58. The lowest BCUT2D eigenvalue weighted by Crippen LogP contribution is -2.21. The third kappa shape index (κ3) is 4.43. The fraction of sp³-hybridized carbons (Fsp3) is 0.200. The second kappa shape index (κ2) is 8.06. The highest BCUT2D eigenvalue weighted by atomic mass is 35.5. The number of aromatic amines is 1. The zero-order valence-corrected chi connectivity index (χ0v) is 15.1. The van der Waals surface area contributed by atoms with Crippen molar-refractivity contribution in [1.82, 2.24) is 4.98 Å². The van der Waals surface area contributed by atoms with E-state index in [-0.39, 0.29) is 13.0 Å². The van der Waals surface area contributed by atoms with Crippen molar-refractivity contribution in [2.45, 2.75) is 19.8 Å². The van der Waals surface area contributed by atoms with Gasteiger partial charge in [0.1, 0.15) is 0 Å². The maximum atomic E-state index is 12.0. The Morgan fingerprint density at radius 3 is 2.85 bits per heavy atom. The second-order valence-corrected chi connectivity index (χ2v) is 6.46. The number of hydrogen-bond donors (Lipinski definition) is 2. The van der Waals surface area contributed by atoms with Crippen LogP contribution < -0.4 is 5.32 Å². The van der Waals surface area contributed by atoms with Crippen LogP contribution in [-0.2, 0) is 20.7 Å². The molecule has 2 N–H and O–H groups in total. The molecule has 134 valence electrons. The van der Waals surface area contributed by atoms with Gasteiger partial charge < -0.3 is 15.0 Å². The number of nitrogens with one attached hydrogen (secondary N) is 2. The number of aryl methyl sites for hydroxylation is 2. The largest absolute Gasteiger partial charge is 0.456 e. The number of carbonyl (C=O) groups excluding carboxylic acids is 2. The third-order valence-electron chi connectivity index (χ3n) is 4.11. The first kappa shape index (κ1) is 18.0. The first-order valence-corrected chi connectivity index (χ1v) is 8.67. The van der Waals surface area contributed by atoms with Crippen LogP contribution in [0.4, 0.5) is 5.69 Å². The Morgan fingerprint density at radius 1 is 1.19 bits per heavy atom. The number of H-pyrrole nitrogens is 1. The van der Waals surface area contributed by atoms with Gasteiger partial charge in [0.2, 0.25) is 0 Å². The number of anilines is 1. The first-order valence-electron chi connectivity index (χ1n) is 8.29. The summed E-state index contributed by atoms with van der Waals surface area (Å²) in [5.74, 6) is -0.802. The van der Waals surface area contributed by atoms with E-state index >= 15 is 0 Å². The van der Waals surface area contributed by atoms with E-state index in [9.17, 15) is 9.59 Å². The summed E-state index contributed by atoms with van der Waals surface area (Å²) < 4.78 is 5.06. The summed E-state index contributed by atoms with van der Waals surface area (Å²) in [6, 6.07) is 13.1. The van der Waals surface area contributed by atoms with Gasteiger partial charge in [-0.05, 0) is 42.7 Å². The highest BCUT2D eigenvalue weighted by Crippen LogP contribution is 2.20. The van der Waals surface area contributed by atoms with Crippen LogP contribution in [0.1, 0.15) is 17.5 Å². The summed E-state index contributed by atoms with van der Waals surface area (Å²) in [6.07, 6.45) is 2.66. The predicted molar refractivity (Wildman–Crippen MR) is 102 cm³/mol. The topological polar surface area (TPSA) is 71.2 Å². The number of aromatic nitrogens is 1. The molecule has 1 heterocycles. The van der Waals surface area contributed by atoms with Crippen LogP contribution in [0.15, 0.2) is 48.7 Å². The van der Waals surface area contributed by atoms with E-state index in [2.05, 4.69) is 10.3 Å². The number of hydrogen-bond acceptors (Lipinski definition) is 3. The lowest BCUT2D eigenvalue weighted by Gasteiger charge is -2.09. The lowest BCUT2D eigenvalue weighted by atomic mass is 10.1. The molecule has 3 aromatic rings. The fourth-order valence-corrected chi connectivity index (χ4v) is 2.88. The highest BCUT2D eigenvalue weighted by molar-refractivity contribution is 6.31. The predicted octanol–water partition coefficient (Wildman–Crippen LogP) is 4.24. The minimum Gasteiger partial charge on any atom is -0.456 e. The van der Waals surface area contributed by atoms with E-state index in [4.69, 9.17) is 16.3 Å². The molecule has 0 aliphatic rings. The van der Waals surface area contributed by atoms with E-state index in [0.29, 0.717) is 17.1 Å². The molecular formula is C20H19ClN2O3. The standard InChI is InChI=1S/C20H19ClN2O3/c1-13-6-8-15(21)10-18(13)23-19(24)12-26-20(25)9-7-14-11-22-17-5-3-2-4-16(14)17/h2-6,8,10-11,22H,7,9,12H2,1H3,(H,23,24). The van der Waals surface area contributed by atoms with Gasteiger partial charge in [-0.15, -0.1) is 0 Å². The number of amides is 1. The van der Waals surface area contributed by atoms with Gasteiger partial charge in [0.25, 0.3) is 5.91 Å². The van der Waals surface area contributed by atoms with Crippen LogP contribution in [0.5, 0.6) is 0 Å². The number of benzene rings is 2. The summed E-state index contributed by atoms with van der Waals surface area (Å²) in [5, 5.41) is 4.32. The molecule has 1 amide bonds. The van der Waals surface area contributed by atoms with Gasteiger partial charge in [-0.3, -0.25) is 9.59 Å². The van der Waals surface area contributed by atoms with E-state index in [1.54, 1.807) is 12.1 Å². The molecule has 0 bridgehead atoms. The molecule has 0 atom stereocenters. The number of para-hydroxylation sites is 1. The van der Waals surface area contributed by atoms with Crippen LogP contribution in [0.2, 0.25) is 5.02 Å². The molecule has 0 saturated carbocycles. The Morgan fingerprint density at radius 2 is 2.00 bits per heavy atom. The molecule has 2 aromatic carbocycles. The van der Waals surface area contributed by atoms with Gasteiger partial charge in [0.15, 0.2) is 6.61 Å². The molecule has 5 nitrogen and oxygen atoms in total. The molecule has 0 saturated heterocycles. The van der Waals surface area contributed by atoms with Crippen LogP contribution in [0, 0.1) is 6.92 Å². The molecule has 0 aliphatic carbocycles. The van der Waals surface area contributed by atoms with E-state index < -0.39 is 11.9 Å². The molecule has 0 radical (unpaired) electrons. The highest BCUT2D eigenvalue weighted by Gasteiger charge is 2.11.